The summed E-state index contributed by atoms with van der Waals surface area (Å²) in [6.45, 7) is 2.99. The molecule has 2 aromatic rings. The van der Waals surface area contributed by atoms with Crippen molar-refractivity contribution in [1.29, 1.82) is 0 Å². The first-order valence-corrected chi connectivity index (χ1v) is 8.16. The molecule has 0 aliphatic carbocycles. The van der Waals surface area contributed by atoms with Crippen LogP contribution in [0.5, 0.6) is 5.88 Å². The Bertz CT molecular complexity index is 609. The van der Waals surface area contributed by atoms with Crippen LogP contribution in [0.25, 0.3) is 0 Å². The van der Waals surface area contributed by atoms with E-state index in [1.54, 1.807) is 19.5 Å². The van der Waals surface area contributed by atoms with Gasteiger partial charge in [0.2, 0.25) is 5.88 Å². The van der Waals surface area contributed by atoms with Crippen molar-refractivity contribution in [2.75, 3.05) is 13.7 Å². The molecule has 1 aromatic heterocycles. The Hall–Kier alpha value is -0.920. The first kappa shape index (κ1) is 16.5. The number of ether oxygens (including phenoxy) is 1. The van der Waals surface area contributed by atoms with E-state index in [0.29, 0.717) is 10.9 Å². The molecule has 0 bridgehead atoms. The largest absolute Gasteiger partial charge is 0.480 e. The summed E-state index contributed by atoms with van der Waals surface area (Å²) in [6, 6.07) is 5.75. The molecule has 0 spiro atoms. The minimum atomic E-state index is -0.0980. The van der Waals surface area contributed by atoms with Gasteiger partial charge in [-0.05, 0) is 59.3 Å². The molecule has 1 aromatic carbocycles. The molecule has 1 unspecified atom stereocenters. The van der Waals surface area contributed by atoms with Gasteiger partial charge >= 0.3 is 0 Å². The maximum absolute atomic E-state index is 6.16. The summed E-state index contributed by atoms with van der Waals surface area (Å²) >= 11 is 8.46. The third-order valence-corrected chi connectivity index (χ3v) is 4.24. The van der Waals surface area contributed by atoms with Gasteiger partial charge in [-0.3, -0.25) is 4.98 Å². The first-order valence-electron chi connectivity index (χ1n) is 6.70. The highest BCUT2D eigenvalue weighted by Crippen LogP contribution is 2.31. The monoisotopic (exact) mass is 417 g/mol. The van der Waals surface area contributed by atoms with E-state index in [1.807, 2.05) is 18.2 Å². The molecule has 1 atom stereocenters. The van der Waals surface area contributed by atoms with Crippen LogP contribution in [0, 0.1) is 3.57 Å². The van der Waals surface area contributed by atoms with Crippen molar-refractivity contribution < 1.29 is 4.74 Å². The number of halogens is 2. The third kappa shape index (κ3) is 4.05. The van der Waals surface area contributed by atoms with E-state index >= 15 is 0 Å². The van der Waals surface area contributed by atoms with E-state index in [9.17, 15) is 0 Å². The van der Waals surface area contributed by atoms with Crippen molar-refractivity contribution in [3.63, 3.8) is 0 Å². The van der Waals surface area contributed by atoms with Crippen LogP contribution in [0.15, 0.2) is 30.6 Å². The predicted molar refractivity (Wildman–Crippen MR) is 92.9 cm³/mol. The summed E-state index contributed by atoms with van der Waals surface area (Å²) in [5.74, 6) is 0.530. The van der Waals surface area contributed by atoms with Gasteiger partial charge in [0.15, 0.2) is 0 Å². The summed E-state index contributed by atoms with van der Waals surface area (Å²) in [7, 11) is 1.60. The van der Waals surface area contributed by atoms with Crippen LogP contribution in [0.1, 0.15) is 30.6 Å². The molecule has 0 fully saturated rings. The minimum Gasteiger partial charge on any atom is -0.480 e. The van der Waals surface area contributed by atoms with Gasteiger partial charge in [-0.15, -0.1) is 0 Å². The van der Waals surface area contributed by atoms with Crippen LogP contribution in [-0.4, -0.2) is 23.6 Å². The number of hydrogen-bond acceptors (Lipinski definition) is 4. The zero-order valence-corrected chi connectivity index (χ0v) is 14.9. The molecular weight excluding hydrogens is 401 g/mol. The number of benzene rings is 1. The van der Waals surface area contributed by atoms with E-state index in [0.717, 1.165) is 27.8 Å². The molecule has 0 amide bonds. The molecule has 0 saturated heterocycles. The number of aromatic nitrogens is 2. The Kier molecular flexibility index (Phi) is 6.20. The summed E-state index contributed by atoms with van der Waals surface area (Å²) in [6.07, 6.45) is 4.33. The van der Waals surface area contributed by atoms with Crippen molar-refractivity contribution in [3.8, 4) is 5.88 Å². The maximum atomic E-state index is 6.16. The fourth-order valence-corrected chi connectivity index (χ4v) is 2.90. The lowest BCUT2D eigenvalue weighted by Crippen LogP contribution is -2.25. The Morgan fingerprint density at radius 1 is 1.33 bits per heavy atom. The van der Waals surface area contributed by atoms with Gasteiger partial charge in [0.25, 0.3) is 0 Å². The molecule has 0 aliphatic heterocycles. The summed E-state index contributed by atoms with van der Waals surface area (Å²) in [5.41, 5.74) is 1.85. The summed E-state index contributed by atoms with van der Waals surface area (Å²) in [4.78, 5) is 8.70. The van der Waals surface area contributed by atoms with E-state index in [4.69, 9.17) is 16.3 Å². The third-order valence-electron chi connectivity index (χ3n) is 3.03. The van der Waals surface area contributed by atoms with Crippen molar-refractivity contribution in [2.45, 2.75) is 19.4 Å². The number of methoxy groups -OCH3 is 1. The standard InChI is InChI=1S/C15H17ClIN3O/c1-3-6-18-13(11-9-10(16)4-5-12(11)17)14-15(21-2)20-8-7-19-14/h4-5,7-9,13,18H,3,6H2,1-2H3. The number of rotatable bonds is 6. The van der Waals surface area contributed by atoms with Crippen LogP contribution >= 0.6 is 34.2 Å². The van der Waals surface area contributed by atoms with Crippen molar-refractivity contribution >= 4 is 34.2 Å². The van der Waals surface area contributed by atoms with Crippen LogP contribution < -0.4 is 10.1 Å². The Morgan fingerprint density at radius 2 is 2.10 bits per heavy atom. The molecule has 4 nitrogen and oxygen atoms in total. The van der Waals surface area contributed by atoms with Gasteiger partial charge in [-0.1, -0.05) is 18.5 Å². The lowest BCUT2D eigenvalue weighted by molar-refractivity contribution is 0.382. The van der Waals surface area contributed by atoms with Gasteiger partial charge in [0.1, 0.15) is 5.69 Å². The zero-order valence-electron chi connectivity index (χ0n) is 11.9. The average Bonchev–Trinajstić information content (AvgIpc) is 2.51. The van der Waals surface area contributed by atoms with E-state index in [-0.39, 0.29) is 6.04 Å². The van der Waals surface area contributed by atoms with Gasteiger partial charge in [-0.2, -0.15) is 0 Å². The normalized spacial score (nSPS) is 12.2. The van der Waals surface area contributed by atoms with Crippen LogP contribution in [-0.2, 0) is 0 Å². The van der Waals surface area contributed by atoms with E-state index in [2.05, 4.69) is 44.8 Å². The molecule has 1 heterocycles. The second-order valence-electron chi connectivity index (χ2n) is 4.50. The van der Waals surface area contributed by atoms with Gasteiger partial charge in [-0.25, -0.2) is 4.98 Å². The quantitative estimate of drug-likeness (QED) is 0.726. The van der Waals surface area contributed by atoms with E-state index < -0.39 is 0 Å². The Labute approximate surface area is 143 Å². The van der Waals surface area contributed by atoms with E-state index in [1.165, 1.54) is 0 Å². The lowest BCUT2D eigenvalue weighted by atomic mass is 10.0. The van der Waals surface area contributed by atoms with Crippen molar-refractivity contribution in [3.05, 3.63) is 50.4 Å². The van der Waals surface area contributed by atoms with Crippen molar-refractivity contribution in [2.24, 2.45) is 0 Å². The Balaban J connectivity index is 2.49. The zero-order chi connectivity index (χ0) is 15.2. The molecule has 0 radical (unpaired) electrons. The van der Waals surface area contributed by atoms with Crippen LogP contribution in [0.2, 0.25) is 5.02 Å². The summed E-state index contributed by atoms with van der Waals surface area (Å²) < 4.78 is 6.47. The van der Waals surface area contributed by atoms with Crippen LogP contribution in [0.3, 0.4) is 0 Å². The second-order valence-corrected chi connectivity index (χ2v) is 6.10. The highest BCUT2D eigenvalue weighted by atomic mass is 127. The van der Waals surface area contributed by atoms with Crippen molar-refractivity contribution in [1.82, 2.24) is 15.3 Å². The average molecular weight is 418 g/mol. The topological polar surface area (TPSA) is 47.0 Å². The molecule has 2 rings (SSSR count). The van der Waals surface area contributed by atoms with Crippen LogP contribution in [0.4, 0.5) is 0 Å². The molecule has 112 valence electrons. The molecule has 0 aliphatic rings. The molecule has 6 heteroatoms. The summed E-state index contributed by atoms with van der Waals surface area (Å²) in [5, 5.41) is 4.20. The van der Waals surface area contributed by atoms with Gasteiger partial charge < -0.3 is 10.1 Å². The molecule has 0 saturated carbocycles. The fraction of sp³-hybridized carbons (Fsp3) is 0.333. The minimum absolute atomic E-state index is 0.0980. The first-order chi connectivity index (χ1) is 10.2. The SMILES string of the molecule is CCCNC(c1cc(Cl)ccc1I)c1nccnc1OC. The molecular formula is C15H17ClIN3O. The van der Waals surface area contributed by atoms with Gasteiger partial charge in [0.05, 0.1) is 13.2 Å². The maximum Gasteiger partial charge on any atom is 0.237 e. The fourth-order valence-electron chi connectivity index (χ4n) is 2.07. The van der Waals surface area contributed by atoms with Gasteiger partial charge in [0, 0.05) is 21.0 Å². The second kappa shape index (κ2) is 7.91. The number of nitrogens with zero attached hydrogens (tertiary/aromatic N) is 2. The predicted octanol–water partition coefficient (Wildman–Crippen LogP) is 3.83. The Morgan fingerprint density at radius 3 is 2.81 bits per heavy atom. The molecule has 1 N–H and O–H groups in total. The highest BCUT2D eigenvalue weighted by Gasteiger charge is 2.22. The smallest absolute Gasteiger partial charge is 0.237 e. The number of nitrogens with one attached hydrogen (secondary N) is 1. The highest BCUT2D eigenvalue weighted by molar-refractivity contribution is 14.1. The lowest BCUT2D eigenvalue weighted by Gasteiger charge is -2.21. The molecule has 21 heavy (non-hydrogen) atoms. The number of hydrogen-bond donors (Lipinski definition) is 1.